The van der Waals surface area contributed by atoms with Crippen molar-refractivity contribution in [3.63, 3.8) is 0 Å². The van der Waals surface area contributed by atoms with E-state index in [2.05, 4.69) is 6.92 Å². The van der Waals surface area contributed by atoms with Crippen LogP contribution in [0.5, 0.6) is 0 Å². The molecule has 2 atom stereocenters. The lowest BCUT2D eigenvalue weighted by Gasteiger charge is -2.59. The van der Waals surface area contributed by atoms with Crippen molar-refractivity contribution < 1.29 is 0 Å². The van der Waals surface area contributed by atoms with Crippen molar-refractivity contribution in [3.8, 4) is 0 Å². The SMILES string of the molecule is CC12CC3CC(C1)C(CCCN)C(C3)C2. The molecule has 0 saturated heterocycles. The molecule has 2 N–H and O–H groups in total. The van der Waals surface area contributed by atoms with E-state index < -0.39 is 0 Å². The van der Waals surface area contributed by atoms with Gasteiger partial charge < -0.3 is 5.73 Å². The van der Waals surface area contributed by atoms with Gasteiger partial charge in [-0.05, 0) is 80.6 Å². The van der Waals surface area contributed by atoms with Crippen molar-refractivity contribution in [2.75, 3.05) is 6.54 Å². The molecule has 1 heteroatoms. The highest BCUT2D eigenvalue weighted by Gasteiger charge is 2.52. The maximum atomic E-state index is 5.66. The van der Waals surface area contributed by atoms with Gasteiger partial charge in [-0.1, -0.05) is 6.92 Å². The van der Waals surface area contributed by atoms with E-state index in [1.54, 1.807) is 19.3 Å². The predicted octanol–water partition coefficient (Wildman–Crippen LogP) is 3.19. The van der Waals surface area contributed by atoms with Crippen LogP contribution in [0.4, 0.5) is 0 Å². The molecule has 0 aromatic carbocycles. The second kappa shape index (κ2) is 3.48. The molecule has 15 heavy (non-hydrogen) atoms. The van der Waals surface area contributed by atoms with Gasteiger partial charge in [0.2, 0.25) is 0 Å². The Labute approximate surface area is 93.8 Å². The zero-order valence-corrected chi connectivity index (χ0v) is 10.0. The summed E-state index contributed by atoms with van der Waals surface area (Å²) < 4.78 is 0. The minimum atomic E-state index is 0.746. The van der Waals surface area contributed by atoms with Crippen molar-refractivity contribution in [1.29, 1.82) is 0 Å². The van der Waals surface area contributed by atoms with Gasteiger partial charge in [-0.25, -0.2) is 0 Å². The van der Waals surface area contributed by atoms with Crippen LogP contribution in [0.15, 0.2) is 0 Å². The van der Waals surface area contributed by atoms with Crippen LogP contribution >= 0.6 is 0 Å². The second-order valence-electron chi connectivity index (χ2n) is 6.88. The van der Waals surface area contributed by atoms with Crippen molar-refractivity contribution in [1.82, 2.24) is 0 Å². The molecule has 4 aliphatic rings. The highest BCUT2D eigenvalue weighted by atomic mass is 14.6. The van der Waals surface area contributed by atoms with E-state index in [9.17, 15) is 0 Å². The van der Waals surface area contributed by atoms with Gasteiger partial charge >= 0.3 is 0 Å². The molecule has 2 unspecified atom stereocenters. The maximum Gasteiger partial charge on any atom is -0.00772 e. The minimum Gasteiger partial charge on any atom is -0.330 e. The predicted molar refractivity (Wildman–Crippen MR) is 63.4 cm³/mol. The third-order valence-electron chi connectivity index (χ3n) is 5.52. The first-order chi connectivity index (χ1) is 7.20. The number of hydrogen-bond donors (Lipinski definition) is 1. The highest BCUT2D eigenvalue weighted by molar-refractivity contribution is 5.02. The van der Waals surface area contributed by atoms with E-state index in [0.717, 1.165) is 35.6 Å². The summed E-state index contributed by atoms with van der Waals surface area (Å²) in [6.45, 7) is 3.45. The first-order valence-corrected chi connectivity index (χ1v) is 6.90. The molecule has 0 heterocycles. The number of rotatable bonds is 3. The molecule has 4 bridgehead atoms. The number of nitrogens with two attached hydrogens (primary N) is 1. The molecule has 1 nitrogen and oxygen atoms in total. The van der Waals surface area contributed by atoms with E-state index in [1.165, 1.54) is 25.7 Å². The average Bonchev–Trinajstić information content (AvgIpc) is 2.14. The van der Waals surface area contributed by atoms with Gasteiger partial charge in [-0.3, -0.25) is 0 Å². The van der Waals surface area contributed by atoms with E-state index in [4.69, 9.17) is 5.73 Å². The van der Waals surface area contributed by atoms with Gasteiger partial charge in [0, 0.05) is 0 Å². The van der Waals surface area contributed by atoms with E-state index >= 15 is 0 Å². The van der Waals surface area contributed by atoms with Crippen LogP contribution in [-0.2, 0) is 0 Å². The molecule has 0 aromatic heterocycles. The van der Waals surface area contributed by atoms with Crippen LogP contribution in [-0.4, -0.2) is 6.54 Å². The molecule has 4 rings (SSSR count). The zero-order valence-electron chi connectivity index (χ0n) is 10.0. The van der Waals surface area contributed by atoms with Crippen LogP contribution in [0, 0.1) is 29.1 Å². The molecule has 4 saturated carbocycles. The monoisotopic (exact) mass is 207 g/mol. The Bertz CT molecular complexity index is 232. The molecule has 86 valence electrons. The Morgan fingerprint density at radius 3 is 2.33 bits per heavy atom. The van der Waals surface area contributed by atoms with Crippen molar-refractivity contribution in [3.05, 3.63) is 0 Å². The van der Waals surface area contributed by atoms with Crippen LogP contribution in [0.2, 0.25) is 0 Å². The molecular formula is C14H25N. The van der Waals surface area contributed by atoms with E-state index in [1.807, 2.05) is 0 Å². The zero-order chi connectivity index (χ0) is 10.5. The fourth-order valence-corrected chi connectivity index (χ4v) is 5.36. The number of hydrogen-bond acceptors (Lipinski definition) is 1. The normalized spacial score (nSPS) is 52.4. The van der Waals surface area contributed by atoms with Crippen molar-refractivity contribution >= 4 is 0 Å². The smallest absolute Gasteiger partial charge is 0.00772 e. The summed E-state index contributed by atoms with van der Waals surface area (Å²) in [5, 5.41) is 0. The molecule has 4 aliphatic carbocycles. The fourth-order valence-electron chi connectivity index (χ4n) is 5.36. The van der Waals surface area contributed by atoms with Gasteiger partial charge in [0.15, 0.2) is 0 Å². The minimum absolute atomic E-state index is 0.746. The summed E-state index contributed by atoms with van der Waals surface area (Å²) in [6.07, 6.45) is 10.4. The summed E-state index contributed by atoms with van der Waals surface area (Å²) >= 11 is 0. The first kappa shape index (κ1) is 10.1. The average molecular weight is 207 g/mol. The third-order valence-corrected chi connectivity index (χ3v) is 5.52. The first-order valence-electron chi connectivity index (χ1n) is 6.90. The van der Waals surface area contributed by atoms with Crippen LogP contribution < -0.4 is 5.73 Å². The second-order valence-corrected chi connectivity index (χ2v) is 6.88. The maximum absolute atomic E-state index is 5.66. The van der Waals surface area contributed by atoms with Crippen molar-refractivity contribution in [2.45, 2.75) is 51.9 Å². The van der Waals surface area contributed by atoms with Gasteiger partial charge in [0.1, 0.15) is 0 Å². The van der Waals surface area contributed by atoms with Gasteiger partial charge in [0.25, 0.3) is 0 Å². The molecule has 0 amide bonds. The highest BCUT2D eigenvalue weighted by Crippen LogP contribution is 2.62. The quantitative estimate of drug-likeness (QED) is 0.755. The van der Waals surface area contributed by atoms with Gasteiger partial charge in [-0.2, -0.15) is 0 Å². The Morgan fingerprint density at radius 2 is 1.80 bits per heavy atom. The topological polar surface area (TPSA) is 26.0 Å². The Kier molecular flexibility index (Phi) is 2.35. The standard InChI is InChI=1S/C14H25N/c1-14-7-10-5-11(8-14)13(3-2-4-15)12(6-10)9-14/h10-13H,2-9,15H2,1H3. The Hall–Kier alpha value is -0.0400. The van der Waals surface area contributed by atoms with Crippen LogP contribution in [0.1, 0.15) is 51.9 Å². The lowest BCUT2D eigenvalue weighted by Crippen LogP contribution is -2.49. The van der Waals surface area contributed by atoms with Gasteiger partial charge in [-0.15, -0.1) is 0 Å². The van der Waals surface area contributed by atoms with Crippen LogP contribution in [0.25, 0.3) is 0 Å². The summed E-state index contributed by atoms with van der Waals surface area (Å²) in [5.41, 5.74) is 6.40. The Balaban J connectivity index is 1.73. The van der Waals surface area contributed by atoms with E-state index in [0.29, 0.717) is 0 Å². The lowest BCUT2D eigenvalue weighted by molar-refractivity contribution is -0.0885. The third kappa shape index (κ3) is 1.63. The molecule has 4 fully saturated rings. The summed E-state index contributed by atoms with van der Waals surface area (Å²) in [7, 11) is 0. The molecule has 0 spiro atoms. The van der Waals surface area contributed by atoms with Crippen molar-refractivity contribution in [2.24, 2.45) is 34.8 Å². The fraction of sp³-hybridized carbons (Fsp3) is 1.00. The summed E-state index contributed by atoms with van der Waals surface area (Å²) in [6, 6.07) is 0. The lowest BCUT2D eigenvalue weighted by atomic mass is 9.46. The van der Waals surface area contributed by atoms with Crippen LogP contribution in [0.3, 0.4) is 0 Å². The molecule has 0 aromatic rings. The van der Waals surface area contributed by atoms with Gasteiger partial charge in [0.05, 0.1) is 0 Å². The molecule has 0 radical (unpaired) electrons. The summed E-state index contributed by atoms with van der Waals surface area (Å²) in [4.78, 5) is 0. The molecule has 0 aliphatic heterocycles. The van der Waals surface area contributed by atoms with E-state index in [-0.39, 0.29) is 0 Å². The molecular weight excluding hydrogens is 182 g/mol. The summed E-state index contributed by atoms with van der Waals surface area (Å²) in [5.74, 6) is 4.31. The Morgan fingerprint density at radius 1 is 1.13 bits per heavy atom. The largest absolute Gasteiger partial charge is 0.330 e.